The van der Waals surface area contributed by atoms with Crippen molar-refractivity contribution < 1.29 is 14.3 Å². The fraction of sp³-hybridized carbons (Fsp3) is 0.417. The second-order valence-electron chi connectivity index (χ2n) is 8.52. The molecule has 1 fully saturated rings. The number of aryl methyl sites for hydroxylation is 1. The number of halogens is 2. The summed E-state index contributed by atoms with van der Waals surface area (Å²) in [5, 5.41) is 3.22. The Morgan fingerprint density at radius 1 is 1.12 bits per heavy atom. The molecule has 2 atom stereocenters. The first kappa shape index (κ1) is 22.9. The van der Waals surface area contributed by atoms with Gasteiger partial charge in [0.1, 0.15) is 19.0 Å². The number of rotatable bonds is 3. The molecule has 1 aliphatic heterocycles. The normalized spacial score (nSPS) is 20.0. The number of H-pyrrole nitrogens is 1. The number of hydrogen-bond donors (Lipinski definition) is 2. The Bertz CT molecular complexity index is 1160. The number of aromatic nitrogens is 2. The maximum absolute atomic E-state index is 12.9. The van der Waals surface area contributed by atoms with Crippen molar-refractivity contribution in [1.29, 1.82) is 0 Å². The van der Waals surface area contributed by atoms with Crippen molar-refractivity contribution in [3.63, 3.8) is 0 Å². The summed E-state index contributed by atoms with van der Waals surface area (Å²) in [5.74, 6) is 2.60. The van der Waals surface area contributed by atoms with E-state index < -0.39 is 0 Å². The molecule has 0 spiro atoms. The van der Waals surface area contributed by atoms with Crippen LogP contribution in [0.25, 0.3) is 11.0 Å². The number of imidazole rings is 1. The Hall–Kier alpha value is -2.25. The van der Waals surface area contributed by atoms with Gasteiger partial charge in [-0.05, 0) is 68.5 Å². The fourth-order valence-corrected chi connectivity index (χ4v) is 5.13. The summed E-state index contributed by atoms with van der Waals surface area (Å²) in [6.45, 7) is 5.27. The quantitative estimate of drug-likeness (QED) is 0.472. The predicted molar refractivity (Wildman–Crippen MR) is 130 cm³/mol. The lowest BCUT2D eigenvalue weighted by molar-refractivity contribution is 0.0923. The van der Waals surface area contributed by atoms with Crippen molar-refractivity contribution >= 4 is 45.3 Å². The summed E-state index contributed by atoms with van der Waals surface area (Å²) in [6.07, 6.45) is 4.01. The molecule has 1 aliphatic carbocycles. The number of carbonyl (C=O) groups excluding carboxylic acids is 1. The molecule has 1 aromatic heterocycles. The molecule has 0 saturated heterocycles. The van der Waals surface area contributed by atoms with Crippen LogP contribution in [0, 0.1) is 13.8 Å². The van der Waals surface area contributed by atoms with Crippen molar-refractivity contribution in [3.05, 3.63) is 51.3 Å². The highest BCUT2D eigenvalue weighted by atomic mass is 79.9. The molecule has 2 aromatic carbocycles. The maximum Gasteiger partial charge on any atom is 0.251 e. The van der Waals surface area contributed by atoms with Gasteiger partial charge in [-0.25, -0.2) is 4.98 Å². The zero-order valence-electron chi connectivity index (χ0n) is 18.2. The number of ether oxygens (including phenoxy) is 2. The summed E-state index contributed by atoms with van der Waals surface area (Å²) in [5.41, 5.74) is 5.13. The average Bonchev–Trinajstić information content (AvgIpc) is 3.21. The Morgan fingerprint density at radius 3 is 2.72 bits per heavy atom. The highest BCUT2D eigenvalue weighted by Crippen LogP contribution is 2.35. The Balaban J connectivity index is 0.00000245. The third kappa shape index (κ3) is 4.33. The molecule has 0 radical (unpaired) electrons. The first-order chi connectivity index (χ1) is 15.0. The lowest BCUT2D eigenvalue weighted by Crippen LogP contribution is -2.38. The van der Waals surface area contributed by atoms with E-state index in [1.54, 1.807) is 12.1 Å². The summed E-state index contributed by atoms with van der Waals surface area (Å²) in [6, 6.07) is 7.61. The van der Waals surface area contributed by atoms with E-state index in [0.717, 1.165) is 47.0 Å². The molecule has 170 valence electrons. The third-order valence-electron chi connectivity index (χ3n) is 6.50. The molecule has 6 nitrogen and oxygen atoms in total. The molecule has 2 heterocycles. The molecule has 2 unspecified atom stereocenters. The van der Waals surface area contributed by atoms with Crippen LogP contribution >= 0.6 is 28.3 Å². The van der Waals surface area contributed by atoms with Gasteiger partial charge < -0.3 is 19.8 Å². The van der Waals surface area contributed by atoms with Crippen molar-refractivity contribution in [2.24, 2.45) is 0 Å². The zero-order valence-corrected chi connectivity index (χ0v) is 20.6. The lowest BCUT2D eigenvalue weighted by Gasteiger charge is -2.29. The number of amides is 1. The van der Waals surface area contributed by atoms with E-state index in [1.807, 2.05) is 6.07 Å². The van der Waals surface area contributed by atoms with Crippen LogP contribution in [0.5, 0.6) is 11.5 Å². The van der Waals surface area contributed by atoms with Gasteiger partial charge >= 0.3 is 0 Å². The van der Waals surface area contributed by atoms with E-state index in [1.165, 1.54) is 11.1 Å². The van der Waals surface area contributed by atoms with Gasteiger partial charge in [0.05, 0.1) is 11.0 Å². The molecule has 2 aliphatic rings. The zero-order chi connectivity index (χ0) is 21.5. The van der Waals surface area contributed by atoms with Crippen LogP contribution in [0.3, 0.4) is 0 Å². The van der Waals surface area contributed by atoms with Crippen molar-refractivity contribution in [2.75, 3.05) is 13.2 Å². The summed E-state index contributed by atoms with van der Waals surface area (Å²) < 4.78 is 12.3. The smallest absolute Gasteiger partial charge is 0.251 e. The van der Waals surface area contributed by atoms with Gasteiger partial charge in [0, 0.05) is 22.0 Å². The first-order valence-corrected chi connectivity index (χ1v) is 11.6. The van der Waals surface area contributed by atoms with Crippen LogP contribution < -0.4 is 14.8 Å². The maximum atomic E-state index is 12.9. The van der Waals surface area contributed by atoms with E-state index >= 15 is 0 Å². The second kappa shape index (κ2) is 9.32. The van der Waals surface area contributed by atoms with Gasteiger partial charge in [0.25, 0.3) is 5.91 Å². The minimum atomic E-state index is -0.0670. The second-order valence-corrected chi connectivity index (χ2v) is 9.37. The lowest BCUT2D eigenvalue weighted by atomic mass is 9.85. The number of nitrogens with one attached hydrogen (secondary N) is 2. The predicted octanol–water partition coefficient (Wildman–Crippen LogP) is 5.59. The van der Waals surface area contributed by atoms with Gasteiger partial charge in [-0.15, -0.1) is 12.4 Å². The molecule has 8 heteroatoms. The minimum absolute atomic E-state index is 0. The third-order valence-corrected chi connectivity index (χ3v) is 7.32. The molecule has 0 bridgehead atoms. The van der Waals surface area contributed by atoms with Crippen LogP contribution in [0.4, 0.5) is 0 Å². The topological polar surface area (TPSA) is 76.2 Å². The summed E-state index contributed by atoms with van der Waals surface area (Å²) >= 11 is 3.64. The molecular weight excluding hydrogens is 494 g/mol. The van der Waals surface area contributed by atoms with E-state index in [4.69, 9.17) is 14.5 Å². The average molecular weight is 521 g/mol. The Morgan fingerprint density at radius 2 is 1.91 bits per heavy atom. The number of fused-ring (bicyclic) bond motifs is 2. The van der Waals surface area contributed by atoms with Crippen molar-refractivity contribution in [3.8, 4) is 11.5 Å². The molecule has 3 aromatic rings. The van der Waals surface area contributed by atoms with E-state index in [-0.39, 0.29) is 24.4 Å². The van der Waals surface area contributed by atoms with Crippen LogP contribution in [-0.4, -0.2) is 35.1 Å². The van der Waals surface area contributed by atoms with Gasteiger partial charge in [-0.2, -0.15) is 0 Å². The highest BCUT2D eigenvalue weighted by Gasteiger charge is 2.27. The van der Waals surface area contributed by atoms with Crippen molar-refractivity contribution in [2.45, 2.75) is 51.5 Å². The summed E-state index contributed by atoms with van der Waals surface area (Å²) in [4.78, 5) is 21.3. The van der Waals surface area contributed by atoms with Gasteiger partial charge in [-0.1, -0.05) is 22.4 Å². The molecule has 1 saturated carbocycles. The molecule has 2 N–H and O–H groups in total. The summed E-state index contributed by atoms with van der Waals surface area (Å²) in [7, 11) is 0. The van der Waals surface area contributed by atoms with E-state index in [2.05, 4.69) is 46.1 Å². The fourth-order valence-electron chi connectivity index (χ4n) is 4.60. The largest absolute Gasteiger partial charge is 0.486 e. The molecular formula is C24H27BrClN3O3. The van der Waals surface area contributed by atoms with Crippen LogP contribution in [-0.2, 0) is 0 Å². The van der Waals surface area contributed by atoms with Gasteiger partial charge in [0.2, 0.25) is 0 Å². The van der Waals surface area contributed by atoms with E-state index in [9.17, 15) is 4.79 Å². The number of aromatic amines is 1. The van der Waals surface area contributed by atoms with Gasteiger partial charge in [-0.3, -0.25) is 4.79 Å². The van der Waals surface area contributed by atoms with Crippen LogP contribution in [0.2, 0.25) is 0 Å². The van der Waals surface area contributed by atoms with Crippen LogP contribution in [0.1, 0.15) is 58.9 Å². The monoisotopic (exact) mass is 519 g/mol. The van der Waals surface area contributed by atoms with Crippen molar-refractivity contribution in [1.82, 2.24) is 15.3 Å². The van der Waals surface area contributed by atoms with E-state index in [0.29, 0.717) is 36.2 Å². The number of benzene rings is 2. The SMILES string of the molecule is Cc1c(Br)cc2[nH]c(C3CCCC(NC(=O)c4ccc5c(c4)OCCO5)C3)nc2c1C.Cl. The number of nitrogens with zero attached hydrogens (tertiary/aromatic N) is 1. The number of hydrogen-bond acceptors (Lipinski definition) is 4. The number of carbonyl (C=O) groups is 1. The van der Waals surface area contributed by atoms with Gasteiger partial charge in [0.15, 0.2) is 11.5 Å². The Labute approximate surface area is 202 Å². The highest BCUT2D eigenvalue weighted by molar-refractivity contribution is 9.10. The standard InChI is InChI=1S/C24H26BrN3O3.ClH/c1-13-14(2)22-19(12-18(13)25)27-23(28-22)15-4-3-5-17(10-15)26-24(29)16-6-7-20-21(11-16)31-9-8-30-20;/h6-7,11-12,15,17H,3-5,8-10H2,1-2H3,(H,26,29)(H,27,28);1H. The molecule has 5 rings (SSSR count). The first-order valence-electron chi connectivity index (χ1n) is 10.9. The van der Waals surface area contributed by atoms with Crippen LogP contribution in [0.15, 0.2) is 28.7 Å². The Kier molecular flexibility index (Phi) is 6.67. The molecule has 1 amide bonds. The molecule has 32 heavy (non-hydrogen) atoms. The minimum Gasteiger partial charge on any atom is -0.486 e.